The highest BCUT2D eigenvalue weighted by molar-refractivity contribution is 5.79. The Morgan fingerprint density at radius 2 is 1.59 bits per heavy atom. The van der Waals surface area contributed by atoms with Crippen LogP contribution in [0.3, 0.4) is 0 Å². The fourth-order valence-corrected chi connectivity index (χ4v) is 12.3. The van der Waals surface area contributed by atoms with Crippen LogP contribution in [0.4, 0.5) is 0 Å². The third kappa shape index (κ3) is 4.39. The number of aliphatic hydroxyl groups is 7. The van der Waals surface area contributed by atoms with Gasteiger partial charge < -0.3 is 45.2 Å². The molecular formula is C36H58O10. The summed E-state index contributed by atoms with van der Waals surface area (Å²) in [4.78, 5) is 14.5. The van der Waals surface area contributed by atoms with Crippen LogP contribution < -0.4 is 0 Å². The Morgan fingerprint density at radius 3 is 2.24 bits per heavy atom. The minimum Gasteiger partial charge on any atom is -0.432 e. The molecule has 0 aromatic rings. The number of aliphatic hydroxyl groups excluding tert-OH is 6. The number of rotatable bonds is 4. The topological polar surface area (TPSA) is 177 Å². The first-order valence-electron chi connectivity index (χ1n) is 17.6. The van der Waals surface area contributed by atoms with Gasteiger partial charge in [0.25, 0.3) is 0 Å². The van der Waals surface area contributed by atoms with Crippen LogP contribution in [0.15, 0.2) is 11.6 Å². The molecule has 6 rings (SSSR count). The molecule has 10 heteroatoms. The first-order chi connectivity index (χ1) is 21.4. The van der Waals surface area contributed by atoms with E-state index in [-0.39, 0.29) is 34.7 Å². The summed E-state index contributed by atoms with van der Waals surface area (Å²) in [7, 11) is 0. The highest BCUT2D eigenvalue weighted by Gasteiger charge is 2.72. The Labute approximate surface area is 273 Å². The maximum absolute atomic E-state index is 14.5. The van der Waals surface area contributed by atoms with Crippen molar-refractivity contribution in [3.63, 3.8) is 0 Å². The highest BCUT2D eigenvalue weighted by Crippen LogP contribution is 2.76. The van der Waals surface area contributed by atoms with E-state index in [1.165, 1.54) is 0 Å². The largest absolute Gasteiger partial charge is 0.432 e. The average molecular weight is 651 g/mol. The molecule has 1 aliphatic heterocycles. The molecule has 6 aliphatic rings. The van der Waals surface area contributed by atoms with E-state index in [0.29, 0.717) is 38.0 Å². The molecular weight excluding hydrogens is 592 g/mol. The fourth-order valence-electron chi connectivity index (χ4n) is 12.3. The van der Waals surface area contributed by atoms with Crippen LogP contribution in [0, 0.1) is 50.7 Å². The highest BCUT2D eigenvalue weighted by atomic mass is 16.7. The van der Waals surface area contributed by atoms with E-state index in [1.54, 1.807) is 0 Å². The Kier molecular flexibility index (Phi) is 8.46. The third-order valence-electron chi connectivity index (χ3n) is 15.7. The van der Waals surface area contributed by atoms with Gasteiger partial charge in [-0.1, -0.05) is 46.3 Å². The predicted octanol–water partition coefficient (Wildman–Crippen LogP) is 2.44. The molecule has 1 heterocycles. The van der Waals surface area contributed by atoms with Gasteiger partial charge in [-0.2, -0.15) is 0 Å². The van der Waals surface area contributed by atoms with E-state index in [2.05, 4.69) is 26.8 Å². The number of carbonyl (C=O) groups excluding carboxylic acids is 1. The van der Waals surface area contributed by atoms with Crippen molar-refractivity contribution in [1.29, 1.82) is 0 Å². The first kappa shape index (κ1) is 34.7. The SMILES string of the molecule is C[C@@H]1CC[C@]2(C(=O)O[C@H]3O[C@@H](CO)[C@@H](O)[C@@H](O)[C@H]3O)CC[C@]3(C)C(=CC[C@H]4[C@@]5(C)CC[C@H](O)[C@@](C)(CO)[C@@H]5CC[C@@]43C)[C@@H]2[C@@]1(C)O. The molecule has 5 aliphatic carbocycles. The molecule has 0 aromatic carbocycles. The number of hydrogen-bond donors (Lipinski definition) is 7. The van der Waals surface area contributed by atoms with Gasteiger partial charge in [-0.25, -0.2) is 0 Å². The maximum atomic E-state index is 14.5. The van der Waals surface area contributed by atoms with Crippen molar-refractivity contribution in [1.82, 2.24) is 0 Å². The lowest BCUT2D eigenvalue weighted by atomic mass is 9.33. The van der Waals surface area contributed by atoms with E-state index in [1.807, 2.05) is 20.8 Å². The zero-order valence-corrected chi connectivity index (χ0v) is 28.5. The van der Waals surface area contributed by atoms with E-state index in [4.69, 9.17) is 9.47 Å². The number of fused-ring (bicyclic) bond motifs is 7. The van der Waals surface area contributed by atoms with Crippen molar-refractivity contribution >= 4 is 5.97 Å². The lowest BCUT2D eigenvalue weighted by molar-refractivity contribution is -0.299. The van der Waals surface area contributed by atoms with Crippen LogP contribution >= 0.6 is 0 Å². The van der Waals surface area contributed by atoms with E-state index < -0.39 is 71.7 Å². The molecule has 0 aromatic heterocycles. The second-order valence-electron chi connectivity index (χ2n) is 17.4. The molecule has 1 saturated heterocycles. The van der Waals surface area contributed by atoms with Gasteiger partial charge in [0, 0.05) is 11.3 Å². The summed E-state index contributed by atoms with van der Waals surface area (Å²) < 4.78 is 11.5. The molecule has 7 N–H and O–H groups in total. The lowest BCUT2D eigenvalue weighted by Gasteiger charge is -2.72. The van der Waals surface area contributed by atoms with Crippen molar-refractivity contribution in [2.45, 2.75) is 142 Å². The molecule has 262 valence electrons. The molecule has 0 spiro atoms. The van der Waals surface area contributed by atoms with Crippen molar-refractivity contribution < 1.29 is 50.0 Å². The van der Waals surface area contributed by atoms with Crippen molar-refractivity contribution in [3.05, 3.63) is 11.6 Å². The first-order valence-corrected chi connectivity index (χ1v) is 17.6. The average Bonchev–Trinajstić information content (AvgIpc) is 3.01. The second kappa shape index (κ2) is 11.2. The summed E-state index contributed by atoms with van der Waals surface area (Å²) in [5, 5.41) is 75.0. The normalized spacial score (nSPS) is 56.8. The third-order valence-corrected chi connectivity index (χ3v) is 15.7. The smallest absolute Gasteiger partial charge is 0.315 e. The van der Waals surface area contributed by atoms with Gasteiger partial charge in [0.05, 0.1) is 30.3 Å². The molecule has 46 heavy (non-hydrogen) atoms. The summed E-state index contributed by atoms with van der Waals surface area (Å²) in [5.41, 5.74) is -2.34. The van der Waals surface area contributed by atoms with Crippen LogP contribution in [0.25, 0.3) is 0 Å². The summed E-state index contributed by atoms with van der Waals surface area (Å²) in [6, 6.07) is 0. The minimum absolute atomic E-state index is 0.0435. The second-order valence-corrected chi connectivity index (χ2v) is 17.4. The molecule has 0 unspecified atom stereocenters. The number of ether oxygens (including phenoxy) is 2. The molecule has 0 bridgehead atoms. The van der Waals surface area contributed by atoms with Crippen LogP contribution in [-0.2, 0) is 14.3 Å². The van der Waals surface area contributed by atoms with Gasteiger partial charge >= 0.3 is 5.97 Å². The van der Waals surface area contributed by atoms with E-state index >= 15 is 0 Å². The van der Waals surface area contributed by atoms with Gasteiger partial charge in [-0.05, 0) is 98.7 Å². The summed E-state index contributed by atoms with van der Waals surface area (Å²) in [6.07, 6.45) is 0.492. The van der Waals surface area contributed by atoms with Gasteiger partial charge in [0.15, 0.2) is 0 Å². The van der Waals surface area contributed by atoms with Gasteiger partial charge in [-0.3, -0.25) is 4.79 Å². The standard InChI is InChI=1S/C36H58O10/c1-19-9-14-36(30(43)46-29-27(42)26(41)25(40)21(17-37)45-29)16-15-33(4)20(28(36)35(19,6)44)7-8-23-31(2)12-11-24(39)32(3,18-38)22(31)10-13-34(23,33)5/h7,19,21-29,37-42,44H,8-18H2,1-6H3/t19-,21+,22-,23+,24+,25-,26-,27-,28-,29-,31+,32+,33-,34+,35+,36+/m1/s1. The Hall–Kier alpha value is -1.11. The van der Waals surface area contributed by atoms with E-state index in [9.17, 15) is 40.5 Å². The zero-order chi connectivity index (χ0) is 33.8. The van der Waals surface area contributed by atoms with Crippen molar-refractivity contribution in [2.75, 3.05) is 13.2 Å². The fraction of sp³-hybridized carbons (Fsp3) is 0.917. The molecule has 4 saturated carbocycles. The van der Waals surface area contributed by atoms with Crippen LogP contribution in [0.5, 0.6) is 0 Å². The number of esters is 1. The number of carbonyl (C=O) groups is 1. The molecule has 0 radical (unpaired) electrons. The summed E-state index contributed by atoms with van der Waals surface area (Å²) >= 11 is 0. The minimum atomic E-state index is -1.70. The van der Waals surface area contributed by atoms with Gasteiger partial charge in [0.2, 0.25) is 6.29 Å². The summed E-state index contributed by atoms with van der Waals surface area (Å²) in [6.45, 7) is 12.3. The Bertz CT molecular complexity index is 1240. The zero-order valence-electron chi connectivity index (χ0n) is 28.5. The van der Waals surface area contributed by atoms with E-state index in [0.717, 1.165) is 31.3 Å². The van der Waals surface area contributed by atoms with Crippen molar-refractivity contribution in [3.8, 4) is 0 Å². The molecule has 10 nitrogen and oxygen atoms in total. The van der Waals surface area contributed by atoms with Gasteiger partial charge in [0.1, 0.15) is 24.4 Å². The number of hydrogen-bond acceptors (Lipinski definition) is 10. The molecule has 0 amide bonds. The summed E-state index contributed by atoms with van der Waals surface area (Å²) in [5.74, 6) is -0.749. The maximum Gasteiger partial charge on any atom is 0.315 e. The quantitative estimate of drug-likeness (QED) is 0.177. The van der Waals surface area contributed by atoms with Crippen molar-refractivity contribution in [2.24, 2.45) is 50.7 Å². The number of allylic oxidation sites excluding steroid dienone is 1. The van der Waals surface area contributed by atoms with Crippen LogP contribution in [-0.4, -0.2) is 97.3 Å². The predicted molar refractivity (Wildman–Crippen MR) is 168 cm³/mol. The van der Waals surface area contributed by atoms with Gasteiger partial charge in [-0.15, -0.1) is 0 Å². The Morgan fingerprint density at radius 1 is 0.891 bits per heavy atom. The lowest BCUT2D eigenvalue weighted by Crippen LogP contribution is -2.68. The van der Waals surface area contributed by atoms with Crippen LogP contribution in [0.1, 0.15) is 99.3 Å². The van der Waals surface area contributed by atoms with Crippen LogP contribution in [0.2, 0.25) is 0 Å². The molecule has 16 atom stereocenters. The molecule has 5 fully saturated rings. The monoisotopic (exact) mass is 650 g/mol. The Balaban J connectivity index is 1.39.